The Hall–Kier alpha value is -2.19. The number of thiazole rings is 1. The van der Waals surface area contributed by atoms with Gasteiger partial charge in [0.25, 0.3) is 5.91 Å². The van der Waals surface area contributed by atoms with Crippen molar-refractivity contribution in [2.24, 2.45) is 0 Å². The fourth-order valence-electron chi connectivity index (χ4n) is 3.75. The van der Waals surface area contributed by atoms with Crippen LogP contribution >= 0.6 is 23.7 Å². The van der Waals surface area contributed by atoms with E-state index in [9.17, 15) is 4.79 Å². The van der Waals surface area contributed by atoms with Crippen LogP contribution in [0.5, 0.6) is 5.75 Å². The van der Waals surface area contributed by atoms with Gasteiger partial charge in [0.05, 0.1) is 29.5 Å². The summed E-state index contributed by atoms with van der Waals surface area (Å²) in [5.74, 6) is 0.729. The number of nitrogens with zero attached hydrogens (tertiary/aromatic N) is 3. The molecule has 1 fully saturated rings. The van der Waals surface area contributed by atoms with E-state index in [1.165, 1.54) is 5.56 Å². The molecular formula is C25H32ClN3O3S. The normalized spacial score (nSPS) is 14.3. The second-order valence-corrected chi connectivity index (χ2v) is 9.26. The van der Waals surface area contributed by atoms with Crippen LogP contribution in [0.3, 0.4) is 0 Å². The monoisotopic (exact) mass is 489 g/mol. The minimum Gasteiger partial charge on any atom is -0.491 e. The Balaban J connectivity index is 0.00000306. The standard InChI is InChI=1S/C25H31N3O3S.ClH/c1-4-19-5-10-22-23(17-19)32-25(26-22)28(12-11-27-13-15-30-16-14-27)24(29)20-6-8-21(9-7-20)31-18(2)3;/h5-10,17-18H,4,11-16H2,1-3H3;1H. The van der Waals surface area contributed by atoms with Crippen molar-refractivity contribution in [1.82, 2.24) is 9.88 Å². The van der Waals surface area contributed by atoms with Crippen molar-refractivity contribution in [3.05, 3.63) is 53.6 Å². The van der Waals surface area contributed by atoms with E-state index in [-0.39, 0.29) is 24.4 Å². The van der Waals surface area contributed by atoms with Crippen LogP contribution in [0.25, 0.3) is 10.2 Å². The molecule has 0 bridgehead atoms. The molecule has 0 saturated carbocycles. The summed E-state index contributed by atoms with van der Waals surface area (Å²) in [6, 6.07) is 13.7. The van der Waals surface area contributed by atoms with E-state index in [1.54, 1.807) is 11.3 Å². The van der Waals surface area contributed by atoms with Gasteiger partial charge in [-0.3, -0.25) is 14.6 Å². The van der Waals surface area contributed by atoms with Crippen LogP contribution in [-0.2, 0) is 11.2 Å². The lowest BCUT2D eigenvalue weighted by molar-refractivity contribution is 0.0391. The minimum atomic E-state index is -0.0378. The van der Waals surface area contributed by atoms with Crippen molar-refractivity contribution in [3.8, 4) is 5.75 Å². The van der Waals surface area contributed by atoms with Crippen LogP contribution in [0.2, 0.25) is 0 Å². The highest BCUT2D eigenvalue weighted by molar-refractivity contribution is 7.22. The molecule has 2 aromatic carbocycles. The van der Waals surface area contributed by atoms with Crippen LogP contribution in [0.4, 0.5) is 5.13 Å². The molecule has 33 heavy (non-hydrogen) atoms. The van der Waals surface area contributed by atoms with E-state index in [0.717, 1.165) is 60.4 Å². The van der Waals surface area contributed by atoms with E-state index < -0.39 is 0 Å². The average molecular weight is 490 g/mol. The number of anilines is 1. The number of morpholine rings is 1. The first-order chi connectivity index (χ1) is 15.5. The smallest absolute Gasteiger partial charge is 0.260 e. The van der Waals surface area contributed by atoms with Crippen molar-refractivity contribution in [2.45, 2.75) is 33.3 Å². The van der Waals surface area contributed by atoms with Gasteiger partial charge in [0.1, 0.15) is 5.75 Å². The Bertz CT molecular complexity index is 1050. The van der Waals surface area contributed by atoms with Gasteiger partial charge in [0.15, 0.2) is 5.13 Å². The fraction of sp³-hybridized carbons (Fsp3) is 0.440. The maximum Gasteiger partial charge on any atom is 0.260 e. The van der Waals surface area contributed by atoms with Gasteiger partial charge in [-0.1, -0.05) is 24.3 Å². The molecule has 178 valence electrons. The van der Waals surface area contributed by atoms with Crippen LogP contribution in [0.15, 0.2) is 42.5 Å². The molecule has 4 rings (SSSR count). The number of hydrogen-bond donors (Lipinski definition) is 0. The van der Waals surface area contributed by atoms with Crippen LogP contribution in [-0.4, -0.2) is 61.3 Å². The van der Waals surface area contributed by atoms with Gasteiger partial charge in [-0.05, 0) is 62.2 Å². The molecule has 1 aliphatic heterocycles. The van der Waals surface area contributed by atoms with Crippen LogP contribution in [0, 0.1) is 0 Å². The fourth-order valence-corrected chi connectivity index (χ4v) is 4.80. The lowest BCUT2D eigenvalue weighted by atomic mass is 10.2. The van der Waals surface area contributed by atoms with Crippen molar-refractivity contribution >= 4 is 45.0 Å². The van der Waals surface area contributed by atoms with Crippen molar-refractivity contribution in [3.63, 3.8) is 0 Å². The molecule has 1 aromatic heterocycles. The summed E-state index contributed by atoms with van der Waals surface area (Å²) >= 11 is 1.58. The number of carbonyl (C=O) groups excluding carboxylic acids is 1. The largest absolute Gasteiger partial charge is 0.491 e. The van der Waals surface area contributed by atoms with E-state index in [1.807, 2.05) is 43.0 Å². The second-order valence-electron chi connectivity index (χ2n) is 8.25. The number of hydrogen-bond acceptors (Lipinski definition) is 6. The average Bonchev–Trinajstić information content (AvgIpc) is 3.22. The number of fused-ring (bicyclic) bond motifs is 1. The summed E-state index contributed by atoms with van der Waals surface area (Å²) in [5.41, 5.74) is 2.85. The van der Waals surface area contributed by atoms with E-state index >= 15 is 0 Å². The quantitative estimate of drug-likeness (QED) is 0.443. The molecule has 0 N–H and O–H groups in total. The zero-order valence-electron chi connectivity index (χ0n) is 19.5. The molecule has 1 aliphatic rings. The van der Waals surface area contributed by atoms with Crippen LogP contribution < -0.4 is 9.64 Å². The van der Waals surface area contributed by atoms with Crippen molar-refractivity contribution in [1.29, 1.82) is 0 Å². The molecule has 0 unspecified atom stereocenters. The Labute approximate surface area is 205 Å². The molecule has 0 aliphatic carbocycles. The third-order valence-electron chi connectivity index (χ3n) is 5.54. The molecular weight excluding hydrogens is 458 g/mol. The lowest BCUT2D eigenvalue weighted by Crippen LogP contribution is -2.43. The molecule has 1 amide bonds. The number of carbonyl (C=O) groups is 1. The zero-order valence-corrected chi connectivity index (χ0v) is 21.1. The topological polar surface area (TPSA) is 54.9 Å². The maximum absolute atomic E-state index is 13.6. The van der Waals surface area contributed by atoms with E-state index in [4.69, 9.17) is 14.5 Å². The summed E-state index contributed by atoms with van der Waals surface area (Å²) in [6.45, 7) is 10.8. The highest BCUT2D eigenvalue weighted by Crippen LogP contribution is 2.31. The third kappa shape index (κ3) is 6.44. The molecule has 3 aromatic rings. The predicted octanol–water partition coefficient (Wildman–Crippen LogP) is 5.05. The number of benzene rings is 2. The molecule has 0 spiro atoms. The number of ether oxygens (including phenoxy) is 2. The highest BCUT2D eigenvalue weighted by atomic mass is 35.5. The third-order valence-corrected chi connectivity index (χ3v) is 6.58. The predicted molar refractivity (Wildman–Crippen MR) is 137 cm³/mol. The molecule has 1 saturated heterocycles. The Morgan fingerprint density at radius 2 is 1.91 bits per heavy atom. The van der Waals surface area contributed by atoms with Crippen molar-refractivity contribution in [2.75, 3.05) is 44.3 Å². The number of halogens is 1. The summed E-state index contributed by atoms with van der Waals surface area (Å²) in [7, 11) is 0. The first-order valence-corrected chi connectivity index (χ1v) is 12.1. The van der Waals surface area contributed by atoms with Gasteiger partial charge in [-0.2, -0.15) is 0 Å². The van der Waals surface area contributed by atoms with Gasteiger partial charge >= 0.3 is 0 Å². The number of aryl methyl sites for hydroxylation is 1. The SMILES string of the molecule is CCc1ccc2nc(N(CCN3CCOCC3)C(=O)c3ccc(OC(C)C)cc3)sc2c1.Cl. The van der Waals surface area contributed by atoms with E-state index in [0.29, 0.717) is 12.1 Å². The molecule has 6 nitrogen and oxygen atoms in total. The number of amides is 1. The summed E-state index contributed by atoms with van der Waals surface area (Å²) in [5, 5.41) is 0.744. The molecule has 2 heterocycles. The van der Waals surface area contributed by atoms with Crippen LogP contribution in [0.1, 0.15) is 36.7 Å². The maximum atomic E-state index is 13.6. The lowest BCUT2D eigenvalue weighted by Gasteiger charge is -2.29. The summed E-state index contributed by atoms with van der Waals surface area (Å²) < 4.78 is 12.3. The molecule has 8 heteroatoms. The van der Waals surface area contributed by atoms with Gasteiger partial charge in [-0.25, -0.2) is 4.98 Å². The highest BCUT2D eigenvalue weighted by Gasteiger charge is 2.23. The summed E-state index contributed by atoms with van der Waals surface area (Å²) in [4.78, 5) is 22.5. The molecule has 0 atom stereocenters. The second kappa shape index (κ2) is 11.8. The van der Waals surface area contributed by atoms with Gasteiger partial charge in [-0.15, -0.1) is 12.4 Å². The Morgan fingerprint density at radius 3 is 2.58 bits per heavy atom. The Kier molecular flexibility index (Phi) is 9.09. The van der Waals surface area contributed by atoms with Gasteiger partial charge in [0.2, 0.25) is 0 Å². The van der Waals surface area contributed by atoms with E-state index in [2.05, 4.69) is 30.0 Å². The number of aromatic nitrogens is 1. The first kappa shape index (κ1) is 25.4. The number of rotatable bonds is 8. The van der Waals surface area contributed by atoms with Gasteiger partial charge < -0.3 is 9.47 Å². The minimum absolute atomic E-state index is 0. The van der Waals surface area contributed by atoms with Gasteiger partial charge in [0, 0.05) is 31.7 Å². The molecule has 0 radical (unpaired) electrons. The zero-order chi connectivity index (χ0) is 22.5. The Morgan fingerprint density at radius 1 is 1.18 bits per heavy atom. The first-order valence-electron chi connectivity index (χ1n) is 11.3. The van der Waals surface area contributed by atoms with Crippen molar-refractivity contribution < 1.29 is 14.3 Å². The summed E-state index contributed by atoms with van der Waals surface area (Å²) in [6.07, 6.45) is 1.07.